The van der Waals surface area contributed by atoms with Gasteiger partial charge in [-0.25, -0.2) is 9.97 Å². The summed E-state index contributed by atoms with van der Waals surface area (Å²) in [5.41, 5.74) is 2.12. The van der Waals surface area contributed by atoms with Gasteiger partial charge in [0, 0.05) is 29.8 Å². The summed E-state index contributed by atoms with van der Waals surface area (Å²) in [6.07, 6.45) is 8.77. The number of nitrogens with zero attached hydrogens (tertiary/aromatic N) is 3. The van der Waals surface area contributed by atoms with Crippen LogP contribution in [0.1, 0.15) is 50.8 Å². The van der Waals surface area contributed by atoms with Crippen LogP contribution in [0.5, 0.6) is 5.75 Å². The van der Waals surface area contributed by atoms with Gasteiger partial charge in [0.1, 0.15) is 11.6 Å². The van der Waals surface area contributed by atoms with Crippen molar-refractivity contribution in [1.82, 2.24) is 9.97 Å². The topological polar surface area (TPSA) is 58.8 Å². The molecule has 24 heavy (non-hydrogen) atoms. The Labute approximate surface area is 143 Å². The predicted molar refractivity (Wildman–Crippen MR) is 93.6 cm³/mol. The largest absolute Gasteiger partial charge is 0.494 e. The molecule has 1 saturated carbocycles. The van der Waals surface area contributed by atoms with E-state index in [-0.39, 0.29) is 5.92 Å². The molecule has 0 bridgehead atoms. The molecule has 4 nitrogen and oxygen atoms in total. The summed E-state index contributed by atoms with van der Waals surface area (Å²) in [4.78, 5) is 9.15. The highest BCUT2D eigenvalue weighted by molar-refractivity contribution is 5.62. The molecule has 0 unspecified atom stereocenters. The van der Waals surface area contributed by atoms with E-state index in [0.717, 1.165) is 61.4 Å². The van der Waals surface area contributed by atoms with Gasteiger partial charge >= 0.3 is 0 Å². The quantitative estimate of drug-likeness (QED) is 0.799. The minimum atomic E-state index is 0.217. The normalized spacial score (nSPS) is 20.3. The Balaban J connectivity index is 1.65. The van der Waals surface area contributed by atoms with Gasteiger partial charge in [0.2, 0.25) is 0 Å². The lowest BCUT2D eigenvalue weighted by Gasteiger charge is -2.23. The van der Waals surface area contributed by atoms with Crippen LogP contribution < -0.4 is 4.74 Å². The van der Waals surface area contributed by atoms with E-state index >= 15 is 0 Å². The van der Waals surface area contributed by atoms with Crippen molar-refractivity contribution in [2.24, 2.45) is 5.92 Å². The van der Waals surface area contributed by atoms with Crippen LogP contribution in [0.15, 0.2) is 36.7 Å². The first-order chi connectivity index (χ1) is 11.8. The molecule has 0 N–H and O–H groups in total. The molecule has 2 aromatic rings. The van der Waals surface area contributed by atoms with Crippen LogP contribution in [0.25, 0.3) is 11.1 Å². The first kappa shape index (κ1) is 16.4. The molecule has 1 aliphatic carbocycles. The first-order valence-corrected chi connectivity index (χ1v) is 8.75. The molecule has 0 amide bonds. The molecule has 0 radical (unpaired) electrons. The molecule has 0 atom stereocenters. The number of ether oxygens (including phenoxy) is 1. The molecule has 1 fully saturated rings. The van der Waals surface area contributed by atoms with E-state index in [2.05, 4.69) is 23.0 Å². The second-order valence-corrected chi connectivity index (χ2v) is 6.38. The van der Waals surface area contributed by atoms with Crippen molar-refractivity contribution in [3.05, 3.63) is 42.5 Å². The lowest BCUT2D eigenvalue weighted by Crippen LogP contribution is -2.14. The molecule has 124 valence electrons. The van der Waals surface area contributed by atoms with Crippen LogP contribution in [-0.2, 0) is 0 Å². The second-order valence-electron chi connectivity index (χ2n) is 6.38. The predicted octanol–water partition coefficient (Wildman–Crippen LogP) is 4.73. The van der Waals surface area contributed by atoms with E-state index in [0.29, 0.717) is 5.92 Å². The maximum Gasteiger partial charge on any atom is 0.131 e. The Kier molecular flexibility index (Phi) is 5.43. The summed E-state index contributed by atoms with van der Waals surface area (Å²) in [6, 6.07) is 10.4. The molecule has 1 aliphatic rings. The minimum absolute atomic E-state index is 0.217. The number of benzene rings is 1. The Morgan fingerprint density at radius 2 is 1.71 bits per heavy atom. The lowest BCUT2D eigenvalue weighted by atomic mass is 9.82. The Bertz CT molecular complexity index is 680. The van der Waals surface area contributed by atoms with Gasteiger partial charge in [-0.15, -0.1) is 0 Å². The van der Waals surface area contributed by atoms with Crippen molar-refractivity contribution < 1.29 is 4.74 Å². The average Bonchev–Trinajstić information content (AvgIpc) is 2.67. The Morgan fingerprint density at radius 3 is 2.29 bits per heavy atom. The van der Waals surface area contributed by atoms with Crippen molar-refractivity contribution in [2.75, 3.05) is 6.61 Å². The summed E-state index contributed by atoms with van der Waals surface area (Å²) in [5, 5.41) is 8.99. The first-order valence-electron chi connectivity index (χ1n) is 8.75. The highest BCUT2D eigenvalue weighted by atomic mass is 16.5. The van der Waals surface area contributed by atoms with Crippen molar-refractivity contribution in [2.45, 2.75) is 44.9 Å². The van der Waals surface area contributed by atoms with E-state index in [1.807, 2.05) is 36.7 Å². The molecule has 3 rings (SSSR count). The number of hydrogen-bond donors (Lipinski definition) is 0. The summed E-state index contributed by atoms with van der Waals surface area (Å²) >= 11 is 0. The molecular weight excluding hydrogens is 298 g/mol. The van der Waals surface area contributed by atoms with Crippen LogP contribution in [0.3, 0.4) is 0 Å². The van der Waals surface area contributed by atoms with Crippen molar-refractivity contribution in [1.29, 1.82) is 5.26 Å². The van der Waals surface area contributed by atoms with Crippen molar-refractivity contribution >= 4 is 0 Å². The highest BCUT2D eigenvalue weighted by Crippen LogP contribution is 2.34. The zero-order chi connectivity index (χ0) is 16.8. The monoisotopic (exact) mass is 321 g/mol. The molecule has 1 aromatic carbocycles. The van der Waals surface area contributed by atoms with E-state index < -0.39 is 0 Å². The molecule has 1 aromatic heterocycles. The average molecular weight is 321 g/mol. The molecule has 0 saturated heterocycles. The molecule has 0 spiro atoms. The Morgan fingerprint density at radius 1 is 1.04 bits per heavy atom. The van der Waals surface area contributed by atoms with Crippen LogP contribution in [0.4, 0.5) is 0 Å². The Hall–Kier alpha value is -2.41. The minimum Gasteiger partial charge on any atom is -0.494 e. The third kappa shape index (κ3) is 3.91. The van der Waals surface area contributed by atoms with Crippen molar-refractivity contribution in [3.63, 3.8) is 0 Å². The summed E-state index contributed by atoms with van der Waals surface area (Å²) < 4.78 is 5.61. The SMILES string of the molecule is CCCOc1ccc(-c2cnc([C@H]3CC[C@H](C#N)CC3)nc2)cc1. The van der Waals surface area contributed by atoms with E-state index in [1.54, 1.807) is 0 Å². The van der Waals surface area contributed by atoms with Gasteiger partial charge in [-0.3, -0.25) is 0 Å². The van der Waals surface area contributed by atoms with Gasteiger partial charge in [-0.1, -0.05) is 19.1 Å². The number of hydrogen-bond acceptors (Lipinski definition) is 4. The zero-order valence-corrected chi connectivity index (χ0v) is 14.1. The third-order valence-corrected chi connectivity index (χ3v) is 4.61. The summed E-state index contributed by atoms with van der Waals surface area (Å²) in [6.45, 7) is 2.84. The fourth-order valence-corrected chi connectivity index (χ4v) is 3.14. The van der Waals surface area contributed by atoms with Gasteiger partial charge in [0.25, 0.3) is 0 Å². The molecule has 4 heteroatoms. The van der Waals surface area contributed by atoms with Crippen LogP contribution >= 0.6 is 0 Å². The van der Waals surface area contributed by atoms with Crippen molar-refractivity contribution in [3.8, 4) is 22.9 Å². The number of rotatable bonds is 5. The highest BCUT2D eigenvalue weighted by Gasteiger charge is 2.23. The summed E-state index contributed by atoms with van der Waals surface area (Å²) in [7, 11) is 0. The fourth-order valence-electron chi connectivity index (χ4n) is 3.14. The van der Waals surface area contributed by atoms with E-state index in [1.165, 1.54) is 0 Å². The standard InChI is InChI=1S/C20H23N3O/c1-2-11-24-19-9-7-16(8-10-19)18-13-22-20(23-14-18)17-5-3-15(12-21)4-6-17/h7-10,13-15,17H,2-6,11H2,1H3/t15-,17-. The lowest BCUT2D eigenvalue weighted by molar-refractivity contribution is 0.317. The summed E-state index contributed by atoms with van der Waals surface area (Å²) in [5.74, 6) is 2.42. The van der Waals surface area contributed by atoms with Gasteiger partial charge in [-0.2, -0.15) is 5.26 Å². The smallest absolute Gasteiger partial charge is 0.131 e. The maximum absolute atomic E-state index is 8.99. The van der Waals surface area contributed by atoms with Crippen LogP contribution in [0.2, 0.25) is 0 Å². The molecular formula is C20H23N3O. The molecule has 0 aliphatic heterocycles. The third-order valence-electron chi connectivity index (χ3n) is 4.61. The molecule has 1 heterocycles. The van der Waals surface area contributed by atoms with Gasteiger partial charge < -0.3 is 4.74 Å². The van der Waals surface area contributed by atoms with Gasteiger partial charge in [0.15, 0.2) is 0 Å². The van der Waals surface area contributed by atoms with E-state index in [4.69, 9.17) is 10.00 Å². The number of nitriles is 1. The second kappa shape index (κ2) is 7.92. The van der Waals surface area contributed by atoms with Crippen LogP contribution in [-0.4, -0.2) is 16.6 Å². The van der Waals surface area contributed by atoms with Crippen LogP contribution in [0, 0.1) is 17.2 Å². The zero-order valence-electron chi connectivity index (χ0n) is 14.1. The van der Waals surface area contributed by atoms with Gasteiger partial charge in [0.05, 0.1) is 12.7 Å². The van der Waals surface area contributed by atoms with E-state index in [9.17, 15) is 0 Å². The van der Waals surface area contributed by atoms with Gasteiger partial charge in [-0.05, 0) is 49.8 Å². The maximum atomic E-state index is 8.99. The number of aromatic nitrogens is 2. The fraction of sp³-hybridized carbons (Fsp3) is 0.450.